The average molecular weight is 290 g/mol. The quantitative estimate of drug-likeness (QED) is 0.591. The zero-order valence-corrected chi connectivity index (χ0v) is 14.7. The summed E-state index contributed by atoms with van der Waals surface area (Å²) in [6.07, 6.45) is 14.9. The molecule has 0 amide bonds. The van der Waals surface area contributed by atoms with Gasteiger partial charge in [0.1, 0.15) is 0 Å². The van der Waals surface area contributed by atoms with Gasteiger partial charge in [-0.1, -0.05) is 34.9 Å². The van der Waals surface area contributed by atoms with Crippen molar-refractivity contribution in [3.05, 3.63) is 34.9 Å². The highest BCUT2D eigenvalue weighted by Gasteiger charge is 2.25. The van der Waals surface area contributed by atoms with E-state index in [1.807, 2.05) is 13.8 Å². The van der Waals surface area contributed by atoms with Gasteiger partial charge in [0, 0.05) is 0 Å². The van der Waals surface area contributed by atoms with Crippen molar-refractivity contribution < 1.29 is 5.11 Å². The number of aliphatic hydroxyl groups is 1. The van der Waals surface area contributed by atoms with E-state index in [1.54, 1.807) is 0 Å². The maximum absolute atomic E-state index is 10.4. The molecule has 0 radical (unpaired) electrons. The third-order valence-corrected chi connectivity index (χ3v) is 4.70. The Labute approximate surface area is 131 Å². The molecule has 1 N–H and O–H groups in total. The van der Waals surface area contributed by atoms with Crippen LogP contribution in [0.3, 0.4) is 0 Å². The van der Waals surface area contributed by atoms with Gasteiger partial charge in [0.25, 0.3) is 0 Å². The lowest BCUT2D eigenvalue weighted by Gasteiger charge is -2.29. The maximum atomic E-state index is 10.4. The molecule has 1 atom stereocenters. The third-order valence-electron chi connectivity index (χ3n) is 4.70. The summed E-state index contributed by atoms with van der Waals surface area (Å²) in [4.78, 5) is 0. The first-order chi connectivity index (χ1) is 9.79. The van der Waals surface area contributed by atoms with E-state index in [0.29, 0.717) is 5.92 Å². The van der Waals surface area contributed by atoms with E-state index in [9.17, 15) is 5.11 Å². The highest BCUT2D eigenvalue weighted by molar-refractivity contribution is 5.07. The van der Waals surface area contributed by atoms with E-state index in [4.69, 9.17) is 0 Å². The fourth-order valence-corrected chi connectivity index (χ4v) is 2.90. The molecule has 0 saturated heterocycles. The third kappa shape index (κ3) is 7.66. The predicted octanol–water partition coefficient (Wildman–Crippen LogP) is 5.96. The van der Waals surface area contributed by atoms with Crippen molar-refractivity contribution in [1.82, 2.24) is 0 Å². The summed E-state index contributed by atoms with van der Waals surface area (Å²) < 4.78 is 0. The largest absolute Gasteiger partial charge is 0.390 e. The molecular weight excluding hydrogens is 256 g/mol. The maximum Gasteiger partial charge on any atom is 0.0622 e. The van der Waals surface area contributed by atoms with Crippen molar-refractivity contribution in [2.24, 2.45) is 5.92 Å². The van der Waals surface area contributed by atoms with Crippen LogP contribution in [0.15, 0.2) is 34.9 Å². The predicted molar refractivity (Wildman–Crippen MR) is 93.4 cm³/mol. The molecule has 1 rings (SSSR count). The molecule has 0 fully saturated rings. The molecule has 1 nitrogen and oxygen atoms in total. The van der Waals surface area contributed by atoms with Crippen molar-refractivity contribution in [2.45, 2.75) is 85.2 Å². The molecule has 0 aliphatic heterocycles. The Bertz CT molecular complexity index is 404. The number of hydrogen-bond acceptors (Lipinski definition) is 1. The SMILES string of the molecule is C/C1=C/CC/C(C)=C\C[C@@H](C(C)(C)O)CC/C(C)=C\CC1. The molecule has 0 aromatic rings. The summed E-state index contributed by atoms with van der Waals surface area (Å²) in [6.45, 7) is 10.6. The Balaban J connectivity index is 2.83. The zero-order valence-electron chi connectivity index (χ0n) is 14.7. The summed E-state index contributed by atoms with van der Waals surface area (Å²) >= 11 is 0. The van der Waals surface area contributed by atoms with Crippen LogP contribution in [0.5, 0.6) is 0 Å². The Morgan fingerprint density at radius 1 is 0.857 bits per heavy atom. The van der Waals surface area contributed by atoms with Crippen LogP contribution < -0.4 is 0 Å². The van der Waals surface area contributed by atoms with E-state index in [1.165, 1.54) is 23.1 Å². The number of rotatable bonds is 1. The van der Waals surface area contributed by atoms with Crippen LogP contribution in [0, 0.1) is 5.92 Å². The van der Waals surface area contributed by atoms with Crippen LogP contribution in [0.25, 0.3) is 0 Å². The van der Waals surface area contributed by atoms with E-state index in [0.717, 1.165) is 38.5 Å². The van der Waals surface area contributed by atoms with Gasteiger partial charge in [0.05, 0.1) is 5.60 Å². The molecule has 1 aliphatic rings. The van der Waals surface area contributed by atoms with Crippen molar-refractivity contribution in [3.63, 3.8) is 0 Å². The molecule has 1 heteroatoms. The van der Waals surface area contributed by atoms with Gasteiger partial charge in [-0.05, 0) is 85.5 Å². The Morgan fingerprint density at radius 3 is 1.86 bits per heavy atom. The topological polar surface area (TPSA) is 20.2 Å². The second-order valence-corrected chi connectivity index (χ2v) is 7.35. The Kier molecular flexibility index (Phi) is 7.45. The molecule has 0 aromatic carbocycles. The van der Waals surface area contributed by atoms with Gasteiger partial charge >= 0.3 is 0 Å². The fourth-order valence-electron chi connectivity index (χ4n) is 2.90. The van der Waals surface area contributed by atoms with Crippen molar-refractivity contribution in [3.8, 4) is 0 Å². The van der Waals surface area contributed by atoms with Crippen LogP contribution >= 0.6 is 0 Å². The highest BCUT2D eigenvalue weighted by atomic mass is 16.3. The second-order valence-electron chi connectivity index (χ2n) is 7.35. The van der Waals surface area contributed by atoms with Crippen LogP contribution in [-0.2, 0) is 0 Å². The monoisotopic (exact) mass is 290 g/mol. The Hall–Kier alpha value is -0.820. The summed E-state index contributed by atoms with van der Waals surface area (Å²) in [7, 11) is 0. The van der Waals surface area contributed by atoms with Gasteiger partial charge in [0.2, 0.25) is 0 Å². The van der Waals surface area contributed by atoms with Crippen molar-refractivity contribution in [2.75, 3.05) is 0 Å². The van der Waals surface area contributed by atoms with Gasteiger partial charge in [-0.25, -0.2) is 0 Å². The van der Waals surface area contributed by atoms with E-state index in [2.05, 4.69) is 39.0 Å². The van der Waals surface area contributed by atoms with Crippen LogP contribution in [0.4, 0.5) is 0 Å². The lowest BCUT2D eigenvalue weighted by atomic mass is 9.83. The first-order valence-corrected chi connectivity index (χ1v) is 8.48. The number of allylic oxidation sites excluding steroid dienone is 6. The van der Waals surface area contributed by atoms with Gasteiger partial charge in [-0.15, -0.1) is 0 Å². The molecular formula is C20H34O. The molecule has 0 bridgehead atoms. The first-order valence-electron chi connectivity index (χ1n) is 8.48. The minimum Gasteiger partial charge on any atom is -0.390 e. The molecule has 0 unspecified atom stereocenters. The zero-order chi connectivity index (χ0) is 15.9. The van der Waals surface area contributed by atoms with Crippen molar-refractivity contribution in [1.29, 1.82) is 0 Å². The van der Waals surface area contributed by atoms with Crippen molar-refractivity contribution >= 4 is 0 Å². The van der Waals surface area contributed by atoms with Gasteiger partial charge in [-0.3, -0.25) is 0 Å². The lowest BCUT2D eigenvalue weighted by molar-refractivity contribution is 0.0145. The first kappa shape index (κ1) is 18.2. The minimum absolute atomic E-state index is 0.344. The van der Waals surface area contributed by atoms with E-state index in [-0.39, 0.29) is 0 Å². The smallest absolute Gasteiger partial charge is 0.0622 e. The molecule has 21 heavy (non-hydrogen) atoms. The van der Waals surface area contributed by atoms with Gasteiger partial charge in [-0.2, -0.15) is 0 Å². The van der Waals surface area contributed by atoms with Gasteiger partial charge in [0.15, 0.2) is 0 Å². The standard InChI is InChI=1S/C20H34O/c1-16-8-6-10-17(2)12-14-19(20(4,5)21)15-13-18(3)11-7-9-16/h8,11-12,19,21H,6-7,9-10,13-15H2,1-5H3/b16-8-,17-12-,18-11-/t19-/m1/s1. The number of hydrogen-bond donors (Lipinski definition) is 1. The summed E-state index contributed by atoms with van der Waals surface area (Å²) in [6, 6.07) is 0. The molecule has 120 valence electrons. The molecule has 0 heterocycles. The van der Waals surface area contributed by atoms with Crippen LogP contribution in [0.2, 0.25) is 0 Å². The highest BCUT2D eigenvalue weighted by Crippen LogP contribution is 2.28. The molecule has 1 aliphatic carbocycles. The lowest BCUT2D eigenvalue weighted by Crippen LogP contribution is -2.30. The van der Waals surface area contributed by atoms with E-state index < -0.39 is 5.60 Å². The minimum atomic E-state index is -0.593. The van der Waals surface area contributed by atoms with Gasteiger partial charge < -0.3 is 5.11 Å². The summed E-state index contributed by atoms with van der Waals surface area (Å²) in [5, 5.41) is 10.4. The molecule has 0 aromatic heterocycles. The molecule has 0 spiro atoms. The van der Waals surface area contributed by atoms with E-state index >= 15 is 0 Å². The Morgan fingerprint density at radius 2 is 1.33 bits per heavy atom. The van der Waals surface area contributed by atoms with Crippen LogP contribution in [-0.4, -0.2) is 10.7 Å². The van der Waals surface area contributed by atoms with Crippen LogP contribution in [0.1, 0.15) is 79.6 Å². The normalized spacial score (nSPS) is 31.1. The average Bonchev–Trinajstić information content (AvgIpc) is 2.36. The fraction of sp³-hybridized carbons (Fsp3) is 0.700. The summed E-state index contributed by atoms with van der Waals surface area (Å²) in [5.74, 6) is 0.344. The second kappa shape index (κ2) is 8.58. The summed E-state index contributed by atoms with van der Waals surface area (Å²) in [5.41, 5.74) is 3.84. The molecule has 0 saturated carbocycles.